The highest BCUT2D eigenvalue weighted by molar-refractivity contribution is 9.10. The van der Waals surface area contributed by atoms with Gasteiger partial charge in [0.05, 0.1) is 4.90 Å². The zero-order chi connectivity index (χ0) is 28.8. The number of rotatable bonds is 5. The molecule has 40 heavy (non-hydrogen) atoms. The number of carbonyl (C=O) groups excluding carboxylic acids is 2. The maximum Gasteiger partial charge on any atom is 0.325 e. The summed E-state index contributed by atoms with van der Waals surface area (Å²) in [6, 6.07) is 15.6. The fourth-order valence-electron chi connectivity index (χ4n) is 5.79. The number of hydrogen-bond donors (Lipinski definition) is 0. The molecule has 7 nitrogen and oxygen atoms in total. The van der Waals surface area contributed by atoms with Crippen LogP contribution in [0.3, 0.4) is 0 Å². The molecule has 0 aliphatic carbocycles. The van der Waals surface area contributed by atoms with Crippen LogP contribution in [0, 0.1) is 27.7 Å². The minimum Gasteiger partial charge on any atom is -0.451 e. The smallest absolute Gasteiger partial charge is 0.325 e. The molecule has 0 bridgehead atoms. The number of ether oxygens (including phenoxy) is 1. The molecule has 0 N–H and O–H groups in total. The molecule has 0 aromatic heterocycles. The van der Waals surface area contributed by atoms with E-state index in [0.717, 1.165) is 38.0 Å². The zero-order valence-electron chi connectivity index (χ0n) is 23.1. The van der Waals surface area contributed by atoms with Gasteiger partial charge < -0.3 is 9.64 Å². The van der Waals surface area contributed by atoms with E-state index in [1.54, 1.807) is 24.0 Å². The number of halogens is 1. The van der Waals surface area contributed by atoms with Crippen molar-refractivity contribution >= 4 is 43.5 Å². The minimum atomic E-state index is -4.04. The van der Waals surface area contributed by atoms with Crippen LogP contribution in [0.1, 0.15) is 46.2 Å². The summed E-state index contributed by atoms with van der Waals surface area (Å²) in [5, 5.41) is 0. The summed E-state index contributed by atoms with van der Waals surface area (Å²) in [6.07, 6.45) is 0.250. The number of fused-ring (bicyclic) bond motifs is 1. The van der Waals surface area contributed by atoms with E-state index in [0.29, 0.717) is 24.9 Å². The number of hydrogen-bond acceptors (Lipinski definition) is 5. The second-order valence-electron chi connectivity index (χ2n) is 10.8. The van der Waals surface area contributed by atoms with Crippen LogP contribution in [0.4, 0.5) is 5.69 Å². The molecule has 1 amide bonds. The van der Waals surface area contributed by atoms with E-state index >= 15 is 0 Å². The van der Waals surface area contributed by atoms with E-state index in [4.69, 9.17) is 4.74 Å². The van der Waals surface area contributed by atoms with Gasteiger partial charge in [0.2, 0.25) is 10.0 Å². The highest BCUT2D eigenvalue weighted by Crippen LogP contribution is 2.34. The number of piperidine rings is 1. The Balaban J connectivity index is 1.46. The summed E-state index contributed by atoms with van der Waals surface area (Å²) >= 11 is 3.51. The summed E-state index contributed by atoms with van der Waals surface area (Å²) in [5.74, 6) is -0.985. The van der Waals surface area contributed by atoms with Crippen LogP contribution in [0.15, 0.2) is 64.0 Å². The number of amides is 1. The van der Waals surface area contributed by atoms with Gasteiger partial charge >= 0.3 is 5.97 Å². The van der Waals surface area contributed by atoms with Crippen molar-refractivity contribution in [2.24, 2.45) is 0 Å². The molecule has 3 aromatic carbocycles. The highest BCUT2D eigenvalue weighted by atomic mass is 79.9. The number of anilines is 1. The molecule has 1 unspecified atom stereocenters. The Labute approximate surface area is 244 Å². The molecule has 1 saturated heterocycles. The number of esters is 1. The fraction of sp³-hybridized carbons (Fsp3) is 0.355. The third-order valence-electron chi connectivity index (χ3n) is 7.78. The lowest BCUT2D eigenvalue weighted by atomic mass is 9.96. The van der Waals surface area contributed by atoms with E-state index in [9.17, 15) is 18.0 Å². The van der Waals surface area contributed by atoms with Crippen molar-refractivity contribution in [3.05, 3.63) is 92.5 Å². The van der Waals surface area contributed by atoms with E-state index < -0.39 is 28.1 Å². The number of sulfonamides is 1. The molecule has 2 aliphatic rings. The van der Waals surface area contributed by atoms with E-state index in [1.807, 2.05) is 63.2 Å². The molecule has 2 atom stereocenters. The van der Waals surface area contributed by atoms with Gasteiger partial charge in [0, 0.05) is 29.7 Å². The first-order valence-corrected chi connectivity index (χ1v) is 15.6. The third-order valence-corrected chi connectivity index (χ3v) is 10.2. The Kier molecular flexibility index (Phi) is 7.92. The Hall–Kier alpha value is -3.01. The van der Waals surface area contributed by atoms with Crippen molar-refractivity contribution < 1.29 is 22.7 Å². The van der Waals surface area contributed by atoms with Crippen LogP contribution in [-0.4, -0.2) is 43.3 Å². The fourth-order valence-corrected chi connectivity index (χ4v) is 8.34. The average molecular weight is 626 g/mol. The van der Waals surface area contributed by atoms with Gasteiger partial charge in [0.15, 0.2) is 6.10 Å². The normalized spacial score (nSPS) is 19.8. The first-order chi connectivity index (χ1) is 19.0. The van der Waals surface area contributed by atoms with Crippen molar-refractivity contribution in [2.45, 2.75) is 70.5 Å². The summed E-state index contributed by atoms with van der Waals surface area (Å²) in [5.41, 5.74) is 5.88. The van der Waals surface area contributed by atoms with Crippen LogP contribution < -0.4 is 4.90 Å². The second kappa shape index (κ2) is 11.1. The van der Waals surface area contributed by atoms with Gasteiger partial charge in [0.25, 0.3) is 5.91 Å². The maximum absolute atomic E-state index is 14.0. The van der Waals surface area contributed by atoms with Crippen LogP contribution in [0.5, 0.6) is 0 Å². The average Bonchev–Trinajstić information content (AvgIpc) is 2.90. The van der Waals surface area contributed by atoms with Gasteiger partial charge in [-0.3, -0.25) is 9.59 Å². The van der Waals surface area contributed by atoms with E-state index in [-0.39, 0.29) is 23.8 Å². The van der Waals surface area contributed by atoms with Gasteiger partial charge in [-0.1, -0.05) is 52.3 Å². The van der Waals surface area contributed by atoms with E-state index in [2.05, 4.69) is 15.9 Å². The lowest BCUT2D eigenvalue weighted by Gasteiger charge is -2.37. The first kappa shape index (κ1) is 28.5. The molecule has 5 rings (SSSR count). The Morgan fingerprint density at radius 1 is 0.950 bits per heavy atom. The molecule has 9 heteroatoms. The Morgan fingerprint density at radius 3 is 2.33 bits per heavy atom. The minimum absolute atomic E-state index is 0.0493. The van der Waals surface area contributed by atoms with Crippen LogP contribution in [-0.2, 0) is 37.3 Å². The quantitative estimate of drug-likeness (QED) is 0.348. The molecule has 2 aliphatic heterocycles. The monoisotopic (exact) mass is 624 g/mol. The third kappa shape index (κ3) is 5.34. The lowest BCUT2D eigenvalue weighted by Crippen LogP contribution is -2.52. The predicted molar refractivity (Wildman–Crippen MR) is 158 cm³/mol. The SMILES string of the molecule is Cc1ccc(C)c(S(=O)(=O)N2Cc3ccccc3C[C@H]2C(=O)OC2CCCN(c3c(C)cc(Br)cc3C)C2=O)c1. The second-order valence-corrected chi connectivity index (χ2v) is 13.5. The summed E-state index contributed by atoms with van der Waals surface area (Å²) in [7, 11) is -4.04. The van der Waals surface area contributed by atoms with Crippen molar-refractivity contribution in [3.63, 3.8) is 0 Å². The maximum atomic E-state index is 14.0. The number of benzene rings is 3. The van der Waals surface area contributed by atoms with Crippen LogP contribution in [0.2, 0.25) is 0 Å². The molecular formula is C31H33BrN2O5S. The summed E-state index contributed by atoms with van der Waals surface area (Å²) in [4.78, 5) is 29.3. The van der Waals surface area contributed by atoms with Gasteiger partial charge in [0.1, 0.15) is 6.04 Å². The molecule has 210 valence electrons. The topological polar surface area (TPSA) is 84.0 Å². The van der Waals surface area contributed by atoms with E-state index in [1.165, 1.54) is 4.31 Å². The van der Waals surface area contributed by atoms with Crippen molar-refractivity contribution in [2.75, 3.05) is 11.4 Å². The van der Waals surface area contributed by atoms with Gasteiger partial charge in [-0.25, -0.2) is 8.42 Å². The number of nitrogens with zero attached hydrogens (tertiary/aromatic N) is 2. The molecule has 2 heterocycles. The Bertz CT molecular complexity index is 1580. The van der Waals surface area contributed by atoms with Crippen molar-refractivity contribution in [3.8, 4) is 0 Å². The predicted octanol–water partition coefficient (Wildman–Crippen LogP) is 5.54. The lowest BCUT2D eigenvalue weighted by molar-refractivity contribution is -0.160. The first-order valence-electron chi connectivity index (χ1n) is 13.4. The number of aryl methyl sites for hydroxylation is 4. The largest absolute Gasteiger partial charge is 0.451 e. The molecule has 0 radical (unpaired) electrons. The number of carbonyl (C=O) groups is 2. The van der Waals surface area contributed by atoms with Crippen molar-refractivity contribution in [1.82, 2.24) is 4.31 Å². The molecule has 1 fully saturated rings. The van der Waals surface area contributed by atoms with Gasteiger partial charge in [-0.05, 0) is 92.1 Å². The molecule has 0 spiro atoms. The highest BCUT2D eigenvalue weighted by Gasteiger charge is 2.43. The molecule has 0 saturated carbocycles. The standard InChI is InChI=1S/C31H33BrN2O5S/c1-19-11-12-20(2)28(14-19)40(37,38)34-18-24-9-6-5-8-23(24)17-26(34)31(36)39-27-10-7-13-33(30(27)35)29-21(3)15-25(32)16-22(29)4/h5-6,8-9,11-12,14-16,26-27H,7,10,13,17-18H2,1-4H3/t26-,27?/m0/s1. The zero-order valence-corrected chi connectivity index (χ0v) is 25.5. The van der Waals surface area contributed by atoms with Crippen LogP contribution >= 0.6 is 15.9 Å². The Morgan fingerprint density at radius 2 is 1.62 bits per heavy atom. The molecular weight excluding hydrogens is 592 g/mol. The summed E-state index contributed by atoms with van der Waals surface area (Å²) < 4.78 is 36.1. The van der Waals surface area contributed by atoms with Gasteiger partial charge in [-0.2, -0.15) is 4.31 Å². The van der Waals surface area contributed by atoms with Gasteiger partial charge in [-0.15, -0.1) is 0 Å². The van der Waals surface area contributed by atoms with Crippen molar-refractivity contribution in [1.29, 1.82) is 0 Å². The molecule has 3 aromatic rings. The summed E-state index contributed by atoms with van der Waals surface area (Å²) in [6.45, 7) is 8.06. The van der Waals surface area contributed by atoms with Crippen LogP contribution in [0.25, 0.3) is 0 Å².